The van der Waals surface area contributed by atoms with Gasteiger partial charge in [0.25, 0.3) is 5.91 Å². The lowest BCUT2D eigenvalue weighted by molar-refractivity contribution is -0.0167. The van der Waals surface area contributed by atoms with Gasteiger partial charge in [-0.15, -0.1) is 0 Å². The molecule has 118 valence electrons. The third kappa shape index (κ3) is 2.29. The number of carbonyl (C=O) groups is 1. The summed E-state index contributed by atoms with van der Waals surface area (Å²) in [4.78, 5) is 12.6. The summed E-state index contributed by atoms with van der Waals surface area (Å²) in [6, 6.07) is 4.33. The van der Waals surface area contributed by atoms with E-state index in [4.69, 9.17) is 4.74 Å². The van der Waals surface area contributed by atoms with Gasteiger partial charge in [0.15, 0.2) is 11.6 Å². The Labute approximate surface area is 130 Å². The second-order valence-electron chi connectivity index (χ2n) is 7.50. The van der Waals surface area contributed by atoms with E-state index in [2.05, 4.69) is 5.32 Å². The molecular weight excluding hydrogens is 281 g/mol. The fraction of sp³-hybridized carbons (Fsp3) is 0.611. The standard InChI is InChI=1S/C18H22FNO2/c1-22-16-7-14(2-3-15(16)19)17(21)20-18-8-11-4-12(9-18)6-13(5-11)10-18/h2-3,7,11-13H,4-6,8-10H2,1H3,(H,20,21). The van der Waals surface area contributed by atoms with Crippen LogP contribution in [0.15, 0.2) is 18.2 Å². The molecule has 4 heteroatoms. The van der Waals surface area contributed by atoms with E-state index in [0.29, 0.717) is 5.56 Å². The molecule has 1 aromatic carbocycles. The Hall–Kier alpha value is -1.58. The Bertz CT molecular complexity index is 578. The number of hydrogen-bond donors (Lipinski definition) is 1. The van der Waals surface area contributed by atoms with E-state index in [9.17, 15) is 9.18 Å². The van der Waals surface area contributed by atoms with Gasteiger partial charge in [-0.2, -0.15) is 0 Å². The number of nitrogens with one attached hydrogen (secondary N) is 1. The van der Waals surface area contributed by atoms with Crippen LogP contribution in [-0.4, -0.2) is 18.6 Å². The summed E-state index contributed by atoms with van der Waals surface area (Å²) in [5.74, 6) is 1.95. The molecule has 4 aliphatic carbocycles. The first kappa shape index (κ1) is 14.0. The van der Waals surface area contributed by atoms with E-state index in [0.717, 1.165) is 37.0 Å². The average Bonchev–Trinajstić information content (AvgIpc) is 2.45. The van der Waals surface area contributed by atoms with Crippen molar-refractivity contribution in [1.82, 2.24) is 5.32 Å². The fourth-order valence-corrected chi connectivity index (χ4v) is 5.38. The highest BCUT2D eigenvalue weighted by molar-refractivity contribution is 5.95. The largest absolute Gasteiger partial charge is 0.494 e. The monoisotopic (exact) mass is 303 g/mol. The third-order valence-corrected chi connectivity index (χ3v) is 5.83. The molecule has 1 N–H and O–H groups in total. The maximum Gasteiger partial charge on any atom is 0.251 e. The first-order chi connectivity index (χ1) is 10.6. The van der Waals surface area contributed by atoms with Gasteiger partial charge in [0, 0.05) is 11.1 Å². The van der Waals surface area contributed by atoms with E-state index in [1.807, 2.05) is 0 Å². The lowest BCUT2D eigenvalue weighted by Crippen LogP contribution is -2.59. The molecular formula is C18H22FNO2. The summed E-state index contributed by atoms with van der Waals surface area (Å²) in [7, 11) is 1.42. The van der Waals surface area contributed by atoms with Gasteiger partial charge in [0.1, 0.15) is 0 Å². The first-order valence-electron chi connectivity index (χ1n) is 8.23. The number of carbonyl (C=O) groups excluding carboxylic acids is 1. The minimum absolute atomic E-state index is 0.0204. The van der Waals surface area contributed by atoms with E-state index in [1.165, 1.54) is 44.6 Å². The molecule has 4 saturated carbocycles. The number of benzene rings is 1. The fourth-order valence-electron chi connectivity index (χ4n) is 5.38. The summed E-state index contributed by atoms with van der Waals surface area (Å²) < 4.78 is 18.5. The molecule has 22 heavy (non-hydrogen) atoms. The molecule has 4 fully saturated rings. The first-order valence-corrected chi connectivity index (χ1v) is 8.23. The molecule has 0 aromatic heterocycles. The third-order valence-electron chi connectivity index (χ3n) is 5.83. The second kappa shape index (κ2) is 4.97. The van der Waals surface area contributed by atoms with Gasteiger partial charge in [0.2, 0.25) is 0 Å². The Morgan fingerprint density at radius 2 is 1.77 bits per heavy atom. The van der Waals surface area contributed by atoms with Crippen LogP contribution in [0.25, 0.3) is 0 Å². The van der Waals surface area contributed by atoms with Crippen molar-refractivity contribution in [2.24, 2.45) is 17.8 Å². The Kier molecular flexibility index (Phi) is 3.17. The summed E-state index contributed by atoms with van der Waals surface area (Å²) >= 11 is 0. The SMILES string of the molecule is COc1cc(C(=O)NC23CC4CC(CC(C4)C2)C3)ccc1F. The van der Waals surface area contributed by atoms with Crippen LogP contribution in [-0.2, 0) is 0 Å². The molecule has 0 saturated heterocycles. The molecule has 0 heterocycles. The van der Waals surface area contributed by atoms with Crippen molar-refractivity contribution < 1.29 is 13.9 Å². The van der Waals surface area contributed by atoms with Crippen LogP contribution < -0.4 is 10.1 Å². The van der Waals surface area contributed by atoms with Crippen LogP contribution in [0, 0.1) is 23.6 Å². The van der Waals surface area contributed by atoms with E-state index >= 15 is 0 Å². The van der Waals surface area contributed by atoms with Gasteiger partial charge in [-0.1, -0.05) is 0 Å². The Balaban J connectivity index is 1.55. The van der Waals surface area contributed by atoms with E-state index < -0.39 is 5.82 Å². The highest BCUT2D eigenvalue weighted by Gasteiger charge is 2.51. The summed E-state index contributed by atoms with van der Waals surface area (Å²) in [5, 5.41) is 3.29. The molecule has 0 spiro atoms. The van der Waals surface area contributed by atoms with Crippen molar-refractivity contribution in [3.63, 3.8) is 0 Å². The van der Waals surface area contributed by atoms with Crippen LogP contribution in [0.2, 0.25) is 0 Å². The van der Waals surface area contributed by atoms with Crippen LogP contribution in [0.1, 0.15) is 48.9 Å². The predicted molar refractivity (Wildman–Crippen MR) is 81.3 cm³/mol. The van der Waals surface area contributed by atoms with Crippen molar-refractivity contribution in [3.05, 3.63) is 29.6 Å². The molecule has 0 unspecified atom stereocenters. The lowest BCUT2D eigenvalue weighted by atomic mass is 9.53. The smallest absolute Gasteiger partial charge is 0.251 e. The van der Waals surface area contributed by atoms with Crippen molar-refractivity contribution in [1.29, 1.82) is 0 Å². The van der Waals surface area contributed by atoms with Crippen LogP contribution in [0.4, 0.5) is 4.39 Å². The van der Waals surface area contributed by atoms with E-state index in [-0.39, 0.29) is 17.2 Å². The number of amides is 1. The van der Waals surface area contributed by atoms with Crippen LogP contribution in [0.3, 0.4) is 0 Å². The summed E-state index contributed by atoms with van der Waals surface area (Å²) in [5.41, 5.74) is 0.460. The molecule has 5 rings (SSSR count). The zero-order valence-electron chi connectivity index (χ0n) is 12.9. The zero-order valence-corrected chi connectivity index (χ0v) is 12.9. The summed E-state index contributed by atoms with van der Waals surface area (Å²) in [6.45, 7) is 0. The highest BCUT2D eigenvalue weighted by Crippen LogP contribution is 2.55. The average molecular weight is 303 g/mol. The topological polar surface area (TPSA) is 38.3 Å². The normalized spacial score (nSPS) is 35.5. The Morgan fingerprint density at radius 3 is 2.32 bits per heavy atom. The number of rotatable bonds is 3. The molecule has 0 aliphatic heterocycles. The van der Waals surface area contributed by atoms with Gasteiger partial charge in [-0.05, 0) is 74.5 Å². The lowest BCUT2D eigenvalue weighted by Gasteiger charge is -2.56. The molecule has 4 aliphatic rings. The molecule has 0 radical (unpaired) electrons. The van der Waals surface area contributed by atoms with Crippen molar-refractivity contribution in [2.75, 3.05) is 7.11 Å². The maximum absolute atomic E-state index is 13.5. The molecule has 3 nitrogen and oxygen atoms in total. The van der Waals surface area contributed by atoms with Crippen LogP contribution >= 0.6 is 0 Å². The van der Waals surface area contributed by atoms with Gasteiger partial charge in [-0.25, -0.2) is 4.39 Å². The maximum atomic E-state index is 13.5. The van der Waals surface area contributed by atoms with Crippen molar-refractivity contribution in [2.45, 2.75) is 44.1 Å². The minimum Gasteiger partial charge on any atom is -0.494 e. The van der Waals surface area contributed by atoms with Gasteiger partial charge >= 0.3 is 0 Å². The van der Waals surface area contributed by atoms with Gasteiger partial charge < -0.3 is 10.1 Å². The van der Waals surface area contributed by atoms with Gasteiger partial charge in [0.05, 0.1) is 7.11 Å². The highest BCUT2D eigenvalue weighted by atomic mass is 19.1. The zero-order chi connectivity index (χ0) is 15.3. The van der Waals surface area contributed by atoms with Crippen LogP contribution in [0.5, 0.6) is 5.75 Å². The number of methoxy groups -OCH3 is 1. The second-order valence-corrected chi connectivity index (χ2v) is 7.50. The predicted octanol–water partition coefficient (Wildman–Crippen LogP) is 3.53. The van der Waals surface area contributed by atoms with E-state index in [1.54, 1.807) is 0 Å². The van der Waals surface area contributed by atoms with Crippen molar-refractivity contribution >= 4 is 5.91 Å². The molecule has 0 atom stereocenters. The molecule has 1 aromatic rings. The van der Waals surface area contributed by atoms with Crippen molar-refractivity contribution in [3.8, 4) is 5.75 Å². The quantitative estimate of drug-likeness (QED) is 0.927. The minimum atomic E-state index is -0.436. The Morgan fingerprint density at radius 1 is 1.18 bits per heavy atom. The number of halogens is 1. The molecule has 4 bridgehead atoms. The van der Waals surface area contributed by atoms with Gasteiger partial charge in [-0.3, -0.25) is 4.79 Å². The summed E-state index contributed by atoms with van der Waals surface area (Å²) in [6.07, 6.45) is 7.38. The number of hydrogen-bond acceptors (Lipinski definition) is 2. The number of ether oxygens (including phenoxy) is 1. The molecule has 1 amide bonds.